The van der Waals surface area contributed by atoms with Crippen molar-refractivity contribution in [2.45, 2.75) is 19.3 Å². The van der Waals surface area contributed by atoms with Crippen molar-refractivity contribution in [2.75, 3.05) is 5.88 Å². The molecule has 0 amide bonds. The van der Waals surface area contributed by atoms with Crippen molar-refractivity contribution in [1.29, 1.82) is 5.26 Å². The molecule has 19 heavy (non-hydrogen) atoms. The number of rotatable bonds is 6. The van der Waals surface area contributed by atoms with E-state index in [1.807, 2.05) is 0 Å². The molecular formula is C9H10ClF4NO4. The molecule has 0 aliphatic heterocycles. The van der Waals surface area contributed by atoms with E-state index in [-0.39, 0.29) is 0 Å². The Labute approximate surface area is 110 Å². The van der Waals surface area contributed by atoms with Gasteiger partial charge in [0.25, 0.3) is 12.9 Å². The highest BCUT2D eigenvalue weighted by Crippen LogP contribution is 2.19. The maximum Gasteiger partial charge on any atom is 0.317 e. The van der Waals surface area contributed by atoms with E-state index in [1.54, 1.807) is 0 Å². The first-order valence-electron chi connectivity index (χ1n) is 4.64. The second-order valence-electron chi connectivity index (χ2n) is 3.08. The molecule has 0 bridgehead atoms. The largest absolute Gasteiger partial charge is 0.481 e. The van der Waals surface area contributed by atoms with Gasteiger partial charge < -0.3 is 10.2 Å². The highest BCUT2D eigenvalue weighted by atomic mass is 35.5. The zero-order chi connectivity index (χ0) is 15.6. The van der Waals surface area contributed by atoms with Crippen molar-refractivity contribution in [1.82, 2.24) is 0 Å². The first-order valence-corrected chi connectivity index (χ1v) is 5.18. The number of nitriles is 1. The number of hydrogen-bond acceptors (Lipinski definition) is 3. The van der Waals surface area contributed by atoms with Gasteiger partial charge in [-0.2, -0.15) is 5.26 Å². The predicted octanol–water partition coefficient (Wildman–Crippen LogP) is 2.06. The Bertz CT molecular complexity index is 321. The van der Waals surface area contributed by atoms with Gasteiger partial charge in [-0.3, -0.25) is 9.59 Å². The summed E-state index contributed by atoms with van der Waals surface area (Å²) in [6.45, 7) is 0. The Hall–Kier alpha value is -1.56. The second kappa shape index (κ2) is 10.4. The van der Waals surface area contributed by atoms with Crippen LogP contribution in [0.3, 0.4) is 0 Å². The number of aliphatic carboxylic acids is 2. The van der Waals surface area contributed by atoms with E-state index in [9.17, 15) is 27.2 Å². The summed E-state index contributed by atoms with van der Waals surface area (Å²) in [6, 6.07) is 1.17. The van der Waals surface area contributed by atoms with E-state index in [0.717, 1.165) is 0 Å². The van der Waals surface area contributed by atoms with Gasteiger partial charge in [0.15, 0.2) is 5.92 Å². The maximum atomic E-state index is 12.0. The topological polar surface area (TPSA) is 98.4 Å². The standard InChI is InChI=1S/C7H7F2NO4.C2H3ClF2/c8-5(9)3(2-10)1-4(6(11)12)7(13)14;3-1-2(4)5/h3-5H,1H2,(H,11,12)(H,13,14);2H,1H2. The molecule has 5 nitrogen and oxygen atoms in total. The van der Waals surface area contributed by atoms with E-state index in [2.05, 4.69) is 11.6 Å². The lowest BCUT2D eigenvalue weighted by molar-refractivity contribution is -0.155. The van der Waals surface area contributed by atoms with Crippen LogP contribution in [0.25, 0.3) is 0 Å². The first-order chi connectivity index (χ1) is 8.67. The van der Waals surface area contributed by atoms with Crippen LogP contribution in [-0.2, 0) is 9.59 Å². The minimum absolute atomic E-state index is 0.556. The molecule has 1 atom stereocenters. The summed E-state index contributed by atoms with van der Waals surface area (Å²) in [5.41, 5.74) is 0. The van der Waals surface area contributed by atoms with Crippen molar-refractivity contribution in [3.63, 3.8) is 0 Å². The average Bonchev–Trinajstić information content (AvgIpc) is 2.29. The van der Waals surface area contributed by atoms with Crippen LogP contribution in [0.1, 0.15) is 6.42 Å². The van der Waals surface area contributed by atoms with E-state index in [1.165, 1.54) is 6.07 Å². The van der Waals surface area contributed by atoms with Gasteiger partial charge in [0, 0.05) is 0 Å². The molecular weight excluding hydrogens is 298 g/mol. The number of carbonyl (C=O) groups is 2. The van der Waals surface area contributed by atoms with Crippen molar-refractivity contribution in [3.05, 3.63) is 0 Å². The van der Waals surface area contributed by atoms with Crippen LogP contribution in [0.4, 0.5) is 17.6 Å². The van der Waals surface area contributed by atoms with Gasteiger partial charge in [-0.25, -0.2) is 17.6 Å². The molecule has 0 radical (unpaired) electrons. The summed E-state index contributed by atoms with van der Waals surface area (Å²) >= 11 is 4.59. The molecule has 0 fully saturated rings. The molecule has 0 aliphatic carbocycles. The molecule has 0 aromatic heterocycles. The monoisotopic (exact) mass is 307 g/mol. The molecule has 0 heterocycles. The molecule has 0 aromatic carbocycles. The van der Waals surface area contributed by atoms with Crippen molar-refractivity contribution in [3.8, 4) is 6.07 Å². The molecule has 0 aliphatic rings. The van der Waals surface area contributed by atoms with Gasteiger partial charge in [0.1, 0.15) is 5.92 Å². The molecule has 0 aromatic rings. The molecule has 1 unspecified atom stereocenters. The second-order valence-corrected chi connectivity index (χ2v) is 3.39. The van der Waals surface area contributed by atoms with E-state index in [0.29, 0.717) is 0 Å². The number of nitrogens with zero attached hydrogens (tertiary/aromatic N) is 1. The number of alkyl halides is 5. The number of hydrogen-bond donors (Lipinski definition) is 2. The molecule has 2 N–H and O–H groups in total. The van der Waals surface area contributed by atoms with Crippen LogP contribution in [0.2, 0.25) is 0 Å². The summed E-state index contributed by atoms with van der Waals surface area (Å²) in [5, 5.41) is 24.9. The van der Waals surface area contributed by atoms with Gasteiger partial charge in [-0.15, -0.1) is 11.6 Å². The third-order valence-corrected chi connectivity index (χ3v) is 1.91. The zero-order valence-corrected chi connectivity index (χ0v) is 10.0. The Kier molecular flexibility index (Phi) is 10.8. The molecule has 0 saturated heterocycles. The Balaban J connectivity index is 0. The fourth-order valence-electron chi connectivity index (χ4n) is 0.773. The first kappa shape index (κ1) is 19.8. The smallest absolute Gasteiger partial charge is 0.317 e. The van der Waals surface area contributed by atoms with Crippen molar-refractivity contribution >= 4 is 23.5 Å². The van der Waals surface area contributed by atoms with E-state index >= 15 is 0 Å². The van der Waals surface area contributed by atoms with Crippen LogP contribution in [0.15, 0.2) is 0 Å². The maximum absolute atomic E-state index is 12.0. The fourth-order valence-corrected chi connectivity index (χ4v) is 0.773. The lowest BCUT2D eigenvalue weighted by Crippen LogP contribution is -2.27. The highest BCUT2D eigenvalue weighted by Gasteiger charge is 2.33. The predicted molar refractivity (Wildman–Crippen MR) is 55.2 cm³/mol. The van der Waals surface area contributed by atoms with Crippen molar-refractivity contribution in [2.24, 2.45) is 11.8 Å². The fraction of sp³-hybridized carbons (Fsp3) is 0.667. The van der Waals surface area contributed by atoms with Gasteiger partial charge in [-0.1, -0.05) is 0 Å². The molecule has 10 heteroatoms. The van der Waals surface area contributed by atoms with E-state index < -0.39 is 48.9 Å². The van der Waals surface area contributed by atoms with Gasteiger partial charge in [0.2, 0.25) is 0 Å². The number of carboxylic acids is 2. The third-order valence-electron chi connectivity index (χ3n) is 1.67. The highest BCUT2D eigenvalue weighted by molar-refractivity contribution is 6.18. The lowest BCUT2D eigenvalue weighted by Gasteiger charge is -2.10. The summed E-state index contributed by atoms with van der Waals surface area (Å²) in [5.74, 6) is -7.84. The number of carboxylic acid groups (broad SMARTS) is 2. The quantitative estimate of drug-likeness (QED) is 0.444. The molecule has 0 spiro atoms. The summed E-state index contributed by atoms with van der Waals surface area (Å²) < 4.78 is 45.2. The third kappa shape index (κ3) is 10.1. The molecule has 0 saturated carbocycles. The van der Waals surface area contributed by atoms with Gasteiger partial charge in [-0.05, 0) is 6.42 Å². The molecule has 110 valence electrons. The van der Waals surface area contributed by atoms with E-state index in [4.69, 9.17) is 15.5 Å². The SMILES string of the molecule is FC(F)CCl.N#CC(CC(C(=O)O)C(=O)O)C(F)F. The van der Waals surface area contributed by atoms with Crippen LogP contribution >= 0.6 is 11.6 Å². The minimum Gasteiger partial charge on any atom is -0.481 e. The van der Waals surface area contributed by atoms with Gasteiger partial charge >= 0.3 is 11.9 Å². The van der Waals surface area contributed by atoms with Crippen LogP contribution in [0.5, 0.6) is 0 Å². The van der Waals surface area contributed by atoms with Crippen LogP contribution in [0, 0.1) is 23.2 Å². The zero-order valence-electron chi connectivity index (χ0n) is 9.27. The summed E-state index contributed by atoms with van der Waals surface area (Å²) in [4.78, 5) is 20.6. The summed E-state index contributed by atoms with van der Waals surface area (Å²) in [7, 11) is 0. The number of halogens is 5. The molecule has 0 rings (SSSR count). The normalized spacial score (nSPS) is 11.7. The Morgan fingerprint density at radius 3 is 1.68 bits per heavy atom. The van der Waals surface area contributed by atoms with Crippen LogP contribution < -0.4 is 0 Å². The lowest BCUT2D eigenvalue weighted by atomic mass is 9.96. The Morgan fingerprint density at radius 2 is 1.53 bits per heavy atom. The van der Waals surface area contributed by atoms with Crippen molar-refractivity contribution < 1.29 is 37.4 Å². The van der Waals surface area contributed by atoms with Crippen LogP contribution in [-0.4, -0.2) is 40.9 Å². The summed E-state index contributed by atoms with van der Waals surface area (Å²) in [6.07, 6.45) is -6.28. The average molecular weight is 308 g/mol. The Morgan fingerprint density at radius 1 is 1.16 bits per heavy atom. The minimum atomic E-state index is -3.04. The van der Waals surface area contributed by atoms with Gasteiger partial charge in [0.05, 0.1) is 11.9 Å².